The largest absolute Gasteiger partial charge is 0.341 e. The lowest BCUT2D eigenvalue weighted by Gasteiger charge is -2.37. The van der Waals surface area contributed by atoms with E-state index < -0.39 is 0 Å². The van der Waals surface area contributed by atoms with Crippen LogP contribution in [0.4, 0.5) is 0 Å². The van der Waals surface area contributed by atoms with E-state index in [0.717, 1.165) is 31.7 Å². The quantitative estimate of drug-likeness (QED) is 0.883. The maximum atomic E-state index is 12.8. The van der Waals surface area contributed by atoms with Gasteiger partial charge in [-0.2, -0.15) is 0 Å². The van der Waals surface area contributed by atoms with Crippen LogP contribution in [0.1, 0.15) is 43.2 Å². The Labute approximate surface area is 114 Å². The van der Waals surface area contributed by atoms with Gasteiger partial charge in [0.15, 0.2) is 0 Å². The molecule has 0 aromatic carbocycles. The topological polar surface area (TPSA) is 37.3 Å². The Kier molecular flexibility index (Phi) is 3.35. The van der Waals surface area contributed by atoms with E-state index in [9.17, 15) is 4.79 Å². The van der Waals surface area contributed by atoms with Gasteiger partial charge >= 0.3 is 0 Å². The monoisotopic (exact) mass is 261 g/mol. The molecule has 0 bridgehead atoms. The van der Waals surface area contributed by atoms with Gasteiger partial charge in [0.1, 0.15) is 5.69 Å². The zero-order valence-electron chi connectivity index (χ0n) is 11.8. The predicted molar refractivity (Wildman–Crippen MR) is 75.2 cm³/mol. The molecule has 3 rings (SSSR count). The Balaban J connectivity index is 1.84. The Bertz CT molecular complexity index is 466. The normalized spacial score (nSPS) is 26.8. The van der Waals surface area contributed by atoms with Crippen LogP contribution >= 0.6 is 0 Å². The van der Waals surface area contributed by atoms with Gasteiger partial charge in [-0.05, 0) is 44.7 Å². The highest BCUT2D eigenvalue weighted by Crippen LogP contribution is 2.28. The molecule has 2 aliphatic rings. The highest BCUT2D eigenvalue weighted by molar-refractivity contribution is 5.93. The van der Waals surface area contributed by atoms with Crippen LogP contribution in [0.5, 0.6) is 0 Å². The molecule has 1 amide bonds. The summed E-state index contributed by atoms with van der Waals surface area (Å²) >= 11 is 0. The molecule has 2 unspecified atom stereocenters. The maximum absolute atomic E-state index is 12.8. The zero-order valence-corrected chi connectivity index (χ0v) is 11.8. The van der Waals surface area contributed by atoms with Crippen molar-refractivity contribution >= 4 is 5.91 Å². The lowest BCUT2D eigenvalue weighted by atomic mass is 9.92. The zero-order chi connectivity index (χ0) is 13.4. The SMILES string of the molecule is CC(C)n1cccc1C(=O)N1CCCC2CNCC21. The van der Waals surface area contributed by atoms with Crippen LogP contribution in [0, 0.1) is 5.92 Å². The number of aromatic nitrogens is 1. The second kappa shape index (κ2) is 5.00. The molecule has 1 N–H and O–H groups in total. The Morgan fingerprint density at radius 3 is 3.05 bits per heavy atom. The first-order valence-corrected chi connectivity index (χ1v) is 7.37. The molecule has 0 spiro atoms. The van der Waals surface area contributed by atoms with Gasteiger partial charge in [0.25, 0.3) is 5.91 Å². The summed E-state index contributed by atoms with van der Waals surface area (Å²) in [6.45, 7) is 7.17. The molecule has 0 saturated carbocycles. The Morgan fingerprint density at radius 1 is 1.42 bits per heavy atom. The van der Waals surface area contributed by atoms with E-state index in [0.29, 0.717) is 18.0 Å². The predicted octanol–water partition coefficient (Wildman–Crippen LogP) is 1.89. The summed E-state index contributed by atoms with van der Waals surface area (Å²) in [5.41, 5.74) is 0.836. The number of nitrogens with zero attached hydrogens (tertiary/aromatic N) is 2. The van der Waals surface area contributed by atoms with Crippen molar-refractivity contribution in [3.8, 4) is 0 Å². The molecule has 2 saturated heterocycles. The van der Waals surface area contributed by atoms with Crippen molar-refractivity contribution in [1.82, 2.24) is 14.8 Å². The minimum absolute atomic E-state index is 0.206. The second-order valence-corrected chi connectivity index (χ2v) is 6.02. The average molecular weight is 261 g/mol. The number of fused-ring (bicyclic) bond motifs is 1. The van der Waals surface area contributed by atoms with E-state index in [4.69, 9.17) is 0 Å². The van der Waals surface area contributed by atoms with Crippen molar-refractivity contribution < 1.29 is 4.79 Å². The van der Waals surface area contributed by atoms with E-state index in [2.05, 4.69) is 28.6 Å². The van der Waals surface area contributed by atoms with E-state index >= 15 is 0 Å². The van der Waals surface area contributed by atoms with Crippen molar-refractivity contribution in [2.24, 2.45) is 5.92 Å². The summed E-state index contributed by atoms with van der Waals surface area (Å²) < 4.78 is 2.08. The minimum atomic E-state index is 0.206. The summed E-state index contributed by atoms with van der Waals surface area (Å²) in [5, 5.41) is 3.43. The van der Waals surface area contributed by atoms with Gasteiger partial charge in [-0.3, -0.25) is 4.79 Å². The van der Waals surface area contributed by atoms with Gasteiger partial charge in [-0.1, -0.05) is 0 Å². The van der Waals surface area contributed by atoms with Gasteiger partial charge in [-0.25, -0.2) is 0 Å². The van der Waals surface area contributed by atoms with E-state index in [-0.39, 0.29) is 5.91 Å². The first kappa shape index (κ1) is 12.7. The second-order valence-electron chi connectivity index (χ2n) is 6.02. The van der Waals surface area contributed by atoms with Gasteiger partial charge in [0, 0.05) is 37.9 Å². The van der Waals surface area contributed by atoms with Gasteiger partial charge in [0.05, 0.1) is 0 Å². The van der Waals surface area contributed by atoms with Crippen molar-refractivity contribution in [1.29, 1.82) is 0 Å². The molecule has 4 nitrogen and oxygen atoms in total. The molecule has 2 fully saturated rings. The fourth-order valence-corrected chi connectivity index (χ4v) is 3.49. The number of nitrogens with one attached hydrogen (secondary N) is 1. The summed E-state index contributed by atoms with van der Waals surface area (Å²) in [4.78, 5) is 14.9. The average Bonchev–Trinajstić information content (AvgIpc) is 3.05. The van der Waals surface area contributed by atoms with Crippen LogP contribution in [0.3, 0.4) is 0 Å². The molecule has 104 valence electrons. The first-order chi connectivity index (χ1) is 9.18. The highest BCUT2D eigenvalue weighted by Gasteiger charge is 2.38. The van der Waals surface area contributed by atoms with Crippen LogP contribution < -0.4 is 5.32 Å². The molecule has 4 heteroatoms. The molecule has 19 heavy (non-hydrogen) atoms. The molecule has 0 aliphatic carbocycles. The van der Waals surface area contributed by atoms with Crippen molar-refractivity contribution in [2.45, 2.75) is 38.8 Å². The van der Waals surface area contributed by atoms with Crippen molar-refractivity contribution in [2.75, 3.05) is 19.6 Å². The first-order valence-electron chi connectivity index (χ1n) is 7.37. The molecular formula is C15H23N3O. The number of amides is 1. The van der Waals surface area contributed by atoms with Gasteiger partial charge in [0.2, 0.25) is 0 Å². The minimum Gasteiger partial charge on any atom is -0.341 e. The molecular weight excluding hydrogens is 238 g/mol. The maximum Gasteiger partial charge on any atom is 0.270 e. The molecule has 3 heterocycles. The van der Waals surface area contributed by atoms with Crippen LogP contribution in [-0.4, -0.2) is 41.1 Å². The van der Waals surface area contributed by atoms with E-state index in [1.54, 1.807) is 0 Å². The third kappa shape index (κ3) is 2.18. The van der Waals surface area contributed by atoms with Crippen LogP contribution in [0.2, 0.25) is 0 Å². The third-order valence-corrected chi connectivity index (χ3v) is 4.49. The highest BCUT2D eigenvalue weighted by atomic mass is 16.2. The van der Waals surface area contributed by atoms with Gasteiger partial charge in [-0.15, -0.1) is 0 Å². The third-order valence-electron chi connectivity index (χ3n) is 4.49. The smallest absolute Gasteiger partial charge is 0.270 e. The van der Waals surface area contributed by atoms with Crippen molar-refractivity contribution in [3.63, 3.8) is 0 Å². The van der Waals surface area contributed by atoms with Gasteiger partial charge < -0.3 is 14.8 Å². The summed E-state index contributed by atoms with van der Waals surface area (Å²) in [6.07, 6.45) is 4.40. The number of likely N-dealkylation sites (tertiary alicyclic amines) is 1. The van der Waals surface area contributed by atoms with Crippen LogP contribution in [0.25, 0.3) is 0 Å². The lowest BCUT2D eigenvalue weighted by Crippen LogP contribution is -2.48. The molecule has 0 radical (unpaired) electrons. The number of carbonyl (C=O) groups excluding carboxylic acids is 1. The van der Waals surface area contributed by atoms with E-state index in [1.165, 1.54) is 6.42 Å². The molecule has 1 aromatic rings. The Hall–Kier alpha value is -1.29. The molecule has 1 aromatic heterocycles. The number of hydrogen-bond acceptors (Lipinski definition) is 2. The lowest BCUT2D eigenvalue weighted by molar-refractivity contribution is 0.0562. The summed E-state index contributed by atoms with van der Waals surface area (Å²) in [6, 6.07) is 4.66. The Morgan fingerprint density at radius 2 is 2.26 bits per heavy atom. The molecule has 2 atom stereocenters. The summed E-state index contributed by atoms with van der Waals surface area (Å²) in [5.74, 6) is 0.859. The van der Waals surface area contributed by atoms with Crippen LogP contribution in [0.15, 0.2) is 18.3 Å². The standard InChI is InChI=1S/C15H23N3O/c1-11(2)17-7-4-6-13(17)15(19)18-8-3-5-12-9-16-10-14(12)18/h4,6-7,11-12,14,16H,3,5,8-10H2,1-2H3. The van der Waals surface area contributed by atoms with Crippen molar-refractivity contribution in [3.05, 3.63) is 24.0 Å². The van der Waals surface area contributed by atoms with E-state index in [1.807, 2.05) is 18.3 Å². The number of piperidine rings is 1. The summed E-state index contributed by atoms with van der Waals surface area (Å²) in [7, 11) is 0. The number of hydrogen-bond donors (Lipinski definition) is 1. The fourth-order valence-electron chi connectivity index (χ4n) is 3.49. The van der Waals surface area contributed by atoms with Crippen LogP contribution in [-0.2, 0) is 0 Å². The molecule has 2 aliphatic heterocycles. The number of rotatable bonds is 2. The fraction of sp³-hybridized carbons (Fsp3) is 0.667. The number of carbonyl (C=O) groups is 1.